The summed E-state index contributed by atoms with van der Waals surface area (Å²) in [6.45, 7) is -0.160. The van der Waals surface area contributed by atoms with Crippen molar-refractivity contribution < 1.29 is 32.2 Å². The fraction of sp³-hybridized carbons (Fsp3) is 0.385. The summed E-state index contributed by atoms with van der Waals surface area (Å²) in [5.74, 6) is -1.67. The summed E-state index contributed by atoms with van der Waals surface area (Å²) in [6.07, 6.45) is -4.57. The molecule has 0 bridgehead atoms. The molecule has 10 heteroatoms. The van der Waals surface area contributed by atoms with Gasteiger partial charge < -0.3 is 20.5 Å². The van der Waals surface area contributed by atoms with E-state index in [9.17, 15) is 22.8 Å². The molecule has 1 aromatic carbocycles. The van der Waals surface area contributed by atoms with Gasteiger partial charge in [0.1, 0.15) is 5.75 Å². The molecule has 1 amide bonds. The van der Waals surface area contributed by atoms with Crippen molar-refractivity contribution in [2.24, 2.45) is 5.73 Å². The molecule has 0 saturated carbocycles. The molecule has 1 rings (SSSR count). The van der Waals surface area contributed by atoms with Crippen molar-refractivity contribution in [2.75, 3.05) is 19.0 Å². The van der Waals surface area contributed by atoms with Crippen LogP contribution in [0.1, 0.15) is 17.3 Å². The molecule has 6 nitrogen and oxygen atoms in total. The van der Waals surface area contributed by atoms with Gasteiger partial charge in [-0.3, -0.25) is 4.79 Å². The third kappa shape index (κ3) is 6.74. The highest BCUT2D eigenvalue weighted by atomic mass is 35.5. The maximum atomic E-state index is 12.3. The van der Waals surface area contributed by atoms with Crippen molar-refractivity contribution in [2.45, 2.75) is 19.1 Å². The zero-order chi connectivity index (χ0) is 16.9. The van der Waals surface area contributed by atoms with E-state index in [0.29, 0.717) is 0 Å². The fourth-order valence-electron chi connectivity index (χ4n) is 1.40. The topological polar surface area (TPSA) is 90.7 Å². The van der Waals surface area contributed by atoms with Crippen LogP contribution in [0.3, 0.4) is 0 Å². The minimum atomic E-state index is -4.57. The van der Waals surface area contributed by atoms with E-state index in [0.717, 1.165) is 13.2 Å². The molecule has 23 heavy (non-hydrogen) atoms. The maximum Gasteiger partial charge on any atom is 0.422 e. The Morgan fingerprint density at radius 3 is 2.43 bits per heavy atom. The molecule has 0 radical (unpaired) electrons. The van der Waals surface area contributed by atoms with E-state index < -0.39 is 30.7 Å². The second-order valence-corrected chi connectivity index (χ2v) is 4.38. The minimum absolute atomic E-state index is 0. The lowest BCUT2D eigenvalue weighted by molar-refractivity contribution is -0.153. The Labute approximate surface area is 136 Å². The smallest absolute Gasteiger partial charge is 0.422 e. The van der Waals surface area contributed by atoms with Crippen molar-refractivity contribution in [1.82, 2.24) is 0 Å². The van der Waals surface area contributed by atoms with Gasteiger partial charge in [0.25, 0.3) is 0 Å². The van der Waals surface area contributed by atoms with Gasteiger partial charge in [-0.15, -0.1) is 12.4 Å². The fourth-order valence-corrected chi connectivity index (χ4v) is 1.40. The molecule has 3 N–H and O–H groups in total. The van der Waals surface area contributed by atoms with Crippen LogP contribution in [0.4, 0.5) is 18.9 Å². The van der Waals surface area contributed by atoms with Crippen LogP contribution in [0.5, 0.6) is 5.75 Å². The Morgan fingerprint density at radius 2 is 1.96 bits per heavy atom. The second-order valence-electron chi connectivity index (χ2n) is 4.38. The molecule has 0 heterocycles. The normalized spacial score (nSPS) is 11.9. The van der Waals surface area contributed by atoms with Crippen LogP contribution in [0.25, 0.3) is 0 Å². The van der Waals surface area contributed by atoms with Gasteiger partial charge in [-0.2, -0.15) is 13.2 Å². The summed E-state index contributed by atoms with van der Waals surface area (Å²) in [7, 11) is 1.13. The third-order valence-corrected chi connectivity index (χ3v) is 2.47. The molecular weight excluding hydrogens is 341 g/mol. The van der Waals surface area contributed by atoms with Gasteiger partial charge in [-0.1, -0.05) is 0 Å². The number of rotatable bonds is 5. The molecule has 0 spiro atoms. The standard InChI is InChI=1S/C13H15F3N2O4.ClH/c1-7(17)11(19)18-9-4-3-8(12(20)21-2)5-10(9)22-6-13(14,15)16;/h3-5,7H,6,17H2,1-2H3,(H,18,19);1H/t7-;/m0./s1. The number of esters is 1. The van der Waals surface area contributed by atoms with Crippen LogP contribution in [0.2, 0.25) is 0 Å². The molecule has 0 unspecified atom stereocenters. The average molecular weight is 357 g/mol. The number of carbonyl (C=O) groups excluding carboxylic acids is 2. The molecule has 1 atom stereocenters. The number of carbonyl (C=O) groups is 2. The first kappa shape index (κ1) is 21.0. The van der Waals surface area contributed by atoms with Crippen molar-refractivity contribution in [3.05, 3.63) is 23.8 Å². The molecule has 0 aromatic heterocycles. The van der Waals surface area contributed by atoms with Crippen LogP contribution in [0.15, 0.2) is 18.2 Å². The van der Waals surface area contributed by atoms with Crippen LogP contribution in [-0.2, 0) is 9.53 Å². The molecule has 0 aliphatic heterocycles. The van der Waals surface area contributed by atoms with E-state index >= 15 is 0 Å². The lowest BCUT2D eigenvalue weighted by atomic mass is 10.2. The van der Waals surface area contributed by atoms with Crippen molar-refractivity contribution in [3.63, 3.8) is 0 Å². The summed E-state index contributed by atoms with van der Waals surface area (Å²) < 4.78 is 45.9. The number of hydrogen-bond acceptors (Lipinski definition) is 5. The zero-order valence-corrected chi connectivity index (χ0v) is 13.1. The Morgan fingerprint density at radius 1 is 1.35 bits per heavy atom. The Kier molecular flexibility index (Phi) is 7.84. The van der Waals surface area contributed by atoms with Gasteiger partial charge in [0, 0.05) is 0 Å². The number of nitrogens with one attached hydrogen (secondary N) is 1. The van der Waals surface area contributed by atoms with Gasteiger partial charge in [0.2, 0.25) is 5.91 Å². The van der Waals surface area contributed by atoms with Gasteiger partial charge in [0.05, 0.1) is 24.4 Å². The summed E-state index contributed by atoms with van der Waals surface area (Å²) in [6, 6.07) is 2.70. The molecule has 130 valence electrons. The summed E-state index contributed by atoms with van der Waals surface area (Å²) >= 11 is 0. The van der Waals surface area contributed by atoms with Crippen LogP contribution >= 0.6 is 12.4 Å². The Bertz CT molecular complexity index is 565. The summed E-state index contributed by atoms with van der Waals surface area (Å²) in [4.78, 5) is 22.9. The molecular formula is C13H16ClF3N2O4. The number of alkyl halides is 3. The Balaban J connectivity index is 0.00000484. The Hall–Kier alpha value is -2.00. The van der Waals surface area contributed by atoms with E-state index in [4.69, 9.17) is 5.73 Å². The quantitative estimate of drug-likeness (QED) is 0.789. The van der Waals surface area contributed by atoms with Crippen molar-refractivity contribution >= 4 is 30.0 Å². The van der Waals surface area contributed by atoms with Crippen LogP contribution in [0, 0.1) is 0 Å². The van der Waals surface area contributed by atoms with Crippen molar-refractivity contribution in [3.8, 4) is 5.75 Å². The number of ether oxygens (including phenoxy) is 2. The van der Waals surface area contributed by atoms with Gasteiger partial charge >= 0.3 is 12.1 Å². The van der Waals surface area contributed by atoms with Gasteiger partial charge in [-0.25, -0.2) is 4.79 Å². The SMILES string of the molecule is COC(=O)c1ccc(NC(=O)[C@H](C)N)c(OCC(F)(F)F)c1.Cl. The van der Waals surface area contributed by atoms with Gasteiger partial charge in [-0.05, 0) is 25.1 Å². The maximum absolute atomic E-state index is 12.3. The lowest BCUT2D eigenvalue weighted by Crippen LogP contribution is -2.32. The summed E-state index contributed by atoms with van der Waals surface area (Å²) in [5.41, 5.74) is 5.33. The second kappa shape index (κ2) is 8.59. The molecule has 0 aliphatic carbocycles. The predicted octanol–water partition coefficient (Wildman–Crippen LogP) is 2.12. The molecule has 0 fully saturated rings. The molecule has 1 aromatic rings. The third-order valence-electron chi connectivity index (χ3n) is 2.47. The number of benzene rings is 1. The highest BCUT2D eigenvalue weighted by Crippen LogP contribution is 2.28. The number of halogens is 4. The highest BCUT2D eigenvalue weighted by Gasteiger charge is 2.29. The number of hydrogen-bond donors (Lipinski definition) is 2. The van der Waals surface area contributed by atoms with E-state index in [1.165, 1.54) is 19.1 Å². The largest absolute Gasteiger partial charge is 0.482 e. The molecule has 0 aliphatic rings. The van der Waals surface area contributed by atoms with Crippen molar-refractivity contribution in [1.29, 1.82) is 0 Å². The molecule has 0 saturated heterocycles. The monoisotopic (exact) mass is 356 g/mol. The average Bonchev–Trinajstić information content (AvgIpc) is 2.44. The first-order chi connectivity index (χ1) is 10.1. The zero-order valence-electron chi connectivity index (χ0n) is 12.3. The number of nitrogens with two attached hydrogens (primary N) is 1. The minimum Gasteiger partial charge on any atom is -0.482 e. The first-order valence-corrected chi connectivity index (χ1v) is 6.12. The van der Waals surface area contributed by atoms with E-state index in [2.05, 4.69) is 14.8 Å². The highest BCUT2D eigenvalue weighted by molar-refractivity contribution is 5.97. The lowest BCUT2D eigenvalue weighted by Gasteiger charge is -2.15. The summed E-state index contributed by atoms with van der Waals surface area (Å²) in [5, 5.41) is 2.32. The van der Waals surface area contributed by atoms with Gasteiger partial charge in [0.15, 0.2) is 6.61 Å². The van der Waals surface area contributed by atoms with E-state index in [1.54, 1.807) is 0 Å². The van der Waals surface area contributed by atoms with E-state index in [-0.39, 0.29) is 29.4 Å². The number of amides is 1. The predicted molar refractivity (Wildman–Crippen MR) is 78.9 cm³/mol. The van der Waals surface area contributed by atoms with E-state index in [1.807, 2.05) is 0 Å². The number of methoxy groups -OCH3 is 1. The van der Waals surface area contributed by atoms with Crippen LogP contribution in [-0.4, -0.2) is 37.8 Å². The van der Waals surface area contributed by atoms with Crippen LogP contribution < -0.4 is 15.8 Å². The first-order valence-electron chi connectivity index (χ1n) is 6.12. The number of anilines is 1.